The molecule has 0 aliphatic carbocycles. The highest BCUT2D eigenvalue weighted by molar-refractivity contribution is 5.80. The van der Waals surface area contributed by atoms with Crippen LogP contribution in [0.4, 0.5) is 5.69 Å². The molecule has 2 unspecified atom stereocenters. The average molecular weight is 286 g/mol. The second-order valence-electron chi connectivity index (χ2n) is 7.40. The van der Waals surface area contributed by atoms with E-state index in [0.29, 0.717) is 6.04 Å². The van der Waals surface area contributed by atoms with Gasteiger partial charge in [-0.25, -0.2) is 0 Å². The van der Waals surface area contributed by atoms with Crippen molar-refractivity contribution in [3.63, 3.8) is 0 Å². The molecule has 3 heteroatoms. The molecule has 3 nitrogen and oxygen atoms in total. The van der Waals surface area contributed by atoms with Crippen molar-refractivity contribution in [3.05, 3.63) is 29.8 Å². The lowest BCUT2D eigenvalue weighted by molar-refractivity contribution is -0.930. The van der Waals surface area contributed by atoms with Crippen molar-refractivity contribution < 1.29 is 4.48 Å². The molecule has 1 aromatic carbocycles. The van der Waals surface area contributed by atoms with Gasteiger partial charge in [0.25, 0.3) is 0 Å². The van der Waals surface area contributed by atoms with Gasteiger partial charge < -0.3 is 9.38 Å². The van der Waals surface area contributed by atoms with Crippen LogP contribution in [0.5, 0.6) is 0 Å². The Kier molecular flexibility index (Phi) is 3.78. The maximum atomic E-state index is 4.89. The minimum atomic E-state index is 0.530. The molecule has 3 rings (SSSR count). The molecule has 2 atom stereocenters. The summed E-state index contributed by atoms with van der Waals surface area (Å²) in [6, 6.07) is 10.8. The minimum Gasteiger partial charge on any atom is -0.378 e. The summed E-state index contributed by atoms with van der Waals surface area (Å²) in [5.74, 6) is 0. The van der Waals surface area contributed by atoms with Crippen molar-refractivity contribution in [2.45, 2.75) is 43.8 Å². The zero-order valence-electron chi connectivity index (χ0n) is 13.8. The first-order valence-electron chi connectivity index (χ1n) is 8.10. The number of fused-ring (bicyclic) bond motifs is 2. The van der Waals surface area contributed by atoms with Crippen molar-refractivity contribution in [1.29, 1.82) is 0 Å². The van der Waals surface area contributed by atoms with E-state index in [1.807, 2.05) is 0 Å². The smallest absolute Gasteiger partial charge is 0.0911 e. The van der Waals surface area contributed by atoms with E-state index in [-0.39, 0.29) is 0 Å². The molecule has 2 aliphatic heterocycles. The molecular formula is C18H28N3+. The first kappa shape index (κ1) is 14.6. The molecule has 0 radical (unpaired) electrons. The molecule has 1 aromatic rings. The molecule has 21 heavy (non-hydrogen) atoms. The molecule has 0 aromatic heterocycles. The highest BCUT2D eigenvalue weighted by Crippen LogP contribution is 2.40. The Morgan fingerprint density at radius 1 is 1.05 bits per heavy atom. The van der Waals surface area contributed by atoms with E-state index >= 15 is 0 Å². The molecule has 2 bridgehead atoms. The minimum absolute atomic E-state index is 0.530. The average Bonchev–Trinajstić information content (AvgIpc) is 2.66. The quantitative estimate of drug-likeness (QED) is 0.616. The predicted octanol–water partition coefficient (Wildman–Crippen LogP) is 2.94. The number of benzene rings is 1. The van der Waals surface area contributed by atoms with Gasteiger partial charge in [0, 0.05) is 51.7 Å². The molecule has 114 valence electrons. The Hall–Kier alpha value is -1.35. The Morgan fingerprint density at radius 2 is 1.62 bits per heavy atom. The van der Waals surface area contributed by atoms with Crippen LogP contribution >= 0.6 is 0 Å². The topological polar surface area (TPSA) is 15.6 Å². The number of anilines is 1. The number of aliphatic imine (C=N–C) groups is 1. The van der Waals surface area contributed by atoms with Crippen molar-refractivity contribution >= 4 is 11.9 Å². The lowest BCUT2D eigenvalue weighted by atomic mass is 9.96. The van der Waals surface area contributed by atoms with Crippen LogP contribution in [0.2, 0.25) is 0 Å². The van der Waals surface area contributed by atoms with Gasteiger partial charge in [-0.05, 0) is 17.7 Å². The van der Waals surface area contributed by atoms with Gasteiger partial charge in [0.1, 0.15) is 0 Å². The van der Waals surface area contributed by atoms with Crippen LogP contribution in [-0.4, -0.2) is 57.0 Å². The first-order valence-corrected chi connectivity index (χ1v) is 8.10. The number of rotatable bonds is 3. The van der Waals surface area contributed by atoms with E-state index in [2.05, 4.69) is 63.6 Å². The molecular weight excluding hydrogens is 258 g/mol. The molecule has 2 saturated heterocycles. The van der Waals surface area contributed by atoms with Crippen LogP contribution in [0.3, 0.4) is 0 Å². The molecule has 2 fully saturated rings. The van der Waals surface area contributed by atoms with Crippen LogP contribution < -0.4 is 4.90 Å². The second kappa shape index (κ2) is 5.45. The van der Waals surface area contributed by atoms with Crippen molar-refractivity contribution in [2.75, 3.05) is 33.1 Å². The number of piperidine rings is 1. The van der Waals surface area contributed by atoms with E-state index < -0.39 is 0 Å². The van der Waals surface area contributed by atoms with Gasteiger partial charge in [0.05, 0.1) is 32.2 Å². The fourth-order valence-electron chi connectivity index (χ4n) is 4.02. The van der Waals surface area contributed by atoms with Crippen molar-refractivity contribution in [3.8, 4) is 0 Å². The van der Waals surface area contributed by atoms with Gasteiger partial charge in [0.2, 0.25) is 0 Å². The summed E-state index contributed by atoms with van der Waals surface area (Å²) < 4.78 is 1.23. The number of quaternary nitrogens is 1. The van der Waals surface area contributed by atoms with Gasteiger partial charge in [0.15, 0.2) is 0 Å². The van der Waals surface area contributed by atoms with Crippen molar-refractivity contribution in [1.82, 2.24) is 0 Å². The van der Waals surface area contributed by atoms with Gasteiger partial charge in [-0.3, -0.25) is 4.99 Å². The zero-order valence-corrected chi connectivity index (χ0v) is 13.8. The van der Waals surface area contributed by atoms with Gasteiger partial charge in [-0.1, -0.05) is 12.1 Å². The third-order valence-electron chi connectivity index (χ3n) is 5.65. The van der Waals surface area contributed by atoms with Gasteiger partial charge >= 0.3 is 0 Å². The SMILES string of the molecule is CN(C)c1ccc(C=NC2CC3CCC(C2)[N+]3(C)C)cc1. The fourth-order valence-corrected chi connectivity index (χ4v) is 4.02. The summed E-state index contributed by atoms with van der Waals surface area (Å²) in [6.07, 6.45) is 7.38. The maximum absolute atomic E-state index is 4.89. The molecule has 0 saturated carbocycles. The highest BCUT2D eigenvalue weighted by atomic mass is 15.4. The van der Waals surface area contributed by atoms with Gasteiger partial charge in [-0.15, -0.1) is 0 Å². The molecule has 2 heterocycles. The summed E-state index contributed by atoms with van der Waals surface area (Å²) in [4.78, 5) is 7.01. The fraction of sp³-hybridized carbons (Fsp3) is 0.611. The van der Waals surface area contributed by atoms with Crippen LogP contribution in [0.25, 0.3) is 0 Å². The summed E-state index contributed by atoms with van der Waals surface area (Å²) >= 11 is 0. The van der Waals surface area contributed by atoms with E-state index in [4.69, 9.17) is 4.99 Å². The van der Waals surface area contributed by atoms with Crippen LogP contribution in [-0.2, 0) is 0 Å². The molecule has 0 amide bonds. The number of hydrogen-bond donors (Lipinski definition) is 0. The third kappa shape index (κ3) is 2.84. The first-order chi connectivity index (χ1) is 9.96. The van der Waals surface area contributed by atoms with Gasteiger partial charge in [-0.2, -0.15) is 0 Å². The summed E-state index contributed by atoms with van der Waals surface area (Å²) in [5, 5.41) is 0. The van der Waals surface area contributed by atoms with Crippen molar-refractivity contribution in [2.24, 2.45) is 4.99 Å². The predicted molar refractivity (Wildman–Crippen MR) is 90.3 cm³/mol. The number of hydrogen-bond acceptors (Lipinski definition) is 2. The Morgan fingerprint density at radius 3 is 2.14 bits per heavy atom. The van der Waals surface area contributed by atoms with E-state index in [0.717, 1.165) is 12.1 Å². The number of nitrogens with zero attached hydrogens (tertiary/aromatic N) is 3. The lowest BCUT2D eigenvalue weighted by Crippen LogP contribution is -2.55. The highest BCUT2D eigenvalue weighted by Gasteiger charge is 2.48. The van der Waals surface area contributed by atoms with Crippen LogP contribution in [0.15, 0.2) is 29.3 Å². The maximum Gasteiger partial charge on any atom is 0.0911 e. The van der Waals surface area contributed by atoms with E-state index in [1.54, 1.807) is 0 Å². The Balaban J connectivity index is 1.65. The van der Waals surface area contributed by atoms with Crippen LogP contribution in [0.1, 0.15) is 31.2 Å². The summed E-state index contributed by atoms with van der Waals surface area (Å²) in [5.41, 5.74) is 2.45. The largest absolute Gasteiger partial charge is 0.378 e. The van der Waals surface area contributed by atoms with E-state index in [1.165, 1.54) is 41.4 Å². The Bertz CT molecular complexity index is 500. The normalized spacial score (nSPS) is 30.8. The molecule has 2 aliphatic rings. The second-order valence-corrected chi connectivity index (χ2v) is 7.40. The zero-order chi connectivity index (χ0) is 15.0. The summed E-state index contributed by atoms with van der Waals surface area (Å²) in [7, 11) is 8.95. The monoisotopic (exact) mass is 286 g/mol. The Labute approximate surface area is 128 Å². The van der Waals surface area contributed by atoms with Crippen LogP contribution in [0, 0.1) is 0 Å². The third-order valence-corrected chi connectivity index (χ3v) is 5.65. The lowest BCUT2D eigenvalue weighted by Gasteiger charge is -2.43. The van der Waals surface area contributed by atoms with E-state index in [9.17, 15) is 0 Å². The molecule has 0 N–H and O–H groups in total. The summed E-state index contributed by atoms with van der Waals surface area (Å²) in [6.45, 7) is 0. The standard InChI is InChI=1S/C18H28N3/c1-20(2)16-7-5-14(6-8-16)13-19-15-11-17-9-10-18(12-15)21(17,3)4/h5-8,13,15,17-18H,9-12H2,1-4H3/q+1. The molecule has 0 spiro atoms.